The van der Waals surface area contributed by atoms with Crippen LogP contribution in [0.3, 0.4) is 0 Å². The van der Waals surface area contributed by atoms with Crippen molar-refractivity contribution in [1.29, 1.82) is 0 Å². The molecular formula is C15H21N5O2. The summed E-state index contributed by atoms with van der Waals surface area (Å²) < 4.78 is 6.77. The normalized spacial score (nSPS) is 17.6. The number of hydrogen-bond donors (Lipinski definition) is 1. The minimum Gasteiger partial charge on any atom is -0.341 e. The van der Waals surface area contributed by atoms with E-state index < -0.39 is 11.1 Å². The molecule has 0 atom stereocenters. The summed E-state index contributed by atoms with van der Waals surface area (Å²) in [7, 11) is 0. The molecule has 0 aromatic carbocycles. The van der Waals surface area contributed by atoms with Gasteiger partial charge in [0.05, 0.1) is 0 Å². The van der Waals surface area contributed by atoms with Gasteiger partial charge in [-0.3, -0.25) is 9.48 Å². The Kier molecular flexibility index (Phi) is 3.50. The zero-order valence-electron chi connectivity index (χ0n) is 13.2. The fraction of sp³-hybridized carbons (Fsp3) is 0.600. The third-order valence-corrected chi connectivity index (χ3v) is 4.40. The van der Waals surface area contributed by atoms with Crippen molar-refractivity contribution in [2.75, 3.05) is 0 Å². The van der Waals surface area contributed by atoms with E-state index in [1.807, 2.05) is 19.9 Å². The highest BCUT2D eigenvalue weighted by Gasteiger charge is 2.44. The lowest BCUT2D eigenvalue weighted by Crippen LogP contribution is -2.53. The molecule has 2 heterocycles. The second-order valence-corrected chi connectivity index (χ2v) is 6.39. The first-order valence-corrected chi connectivity index (χ1v) is 7.58. The van der Waals surface area contributed by atoms with Gasteiger partial charge in [-0.2, -0.15) is 10.1 Å². The van der Waals surface area contributed by atoms with Gasteiger partial charge in [-0.15, -0.1) is 0 Å². The average Bonchev–Trinajstić information content (AvgIpc) is 3.19. The van der Waals surface area contributed by atoms with Gasteiger partial charge in [-0.05, 0) is 32.8 Å². The molecule has 2 aromatic rings. The molecule has 1 aliphatic carbocycles. The van der Waals surface area contributed by atoms with E-state index in [9.17, 15) is 4.79 Å². The zero-order valence-corrected chi connectivity index (χ0v) is 13.2. The highest BCUT2D eigenvalue weighted by Crippen LogP contribution is 2.38. The third-order valence-electron chi connectivity index (χ3n) is 4.40. The van der Waals surface area contributed by atoms with Crippen LogP contribution in [0, 0.1) is 6.92 Å². The summed E-state index contributed by atoms with van der Waals surface area (Å²) in [5, 5.41) is 11.4. The molecule has 0 saturated heterocycles. The maximum atomic E-state index is 12.8. The lowest BCUT2D eigenvalue weighted by atomic mass is 9.94. The number of aryl methyl sites for hydroxylation is 1. The van der Waals surface area contributed by atoms with E-state index in [0.717, 1.165) is 25.7 Å². The van der Waals surface area contributed by atoms with E-state index >= 15 is 0 Å². The number of carbonyl (C=O) groups is 1. The molecular weight excluding hydrogens is 282 g/mol. The number of nitrogens with zero attached hydrogens (tertiary/aromatic N) is 4. The van der Waals surface area contributed by atoms with Crippen LogP contribution in [0.5, 0.6) is 0 Å². The van der Waals surface area contributed by atoms with Gasteiger partial charge < -0.3 is 9.84 Å². The molecule has 0 unspecified atom stereocenters. The van der Waals surface area contributed by atoms with E-state index in [1.165, 1.54) is 0 Å². The Labute approximate surface area is 129 Å². The molecule has 0 spiro atoms. The van der Waals surface area contributed by atoms with Crippen LogP contribution in [0.1, 0.15) is 51.2 Å². The molecule has 0 bridgehead atoms. The minimum absolute atomic E-state index is 0.0967. The van der Waals surface area contributed by atoms with E-state index in [4.69, 9.17) is 4.52 Å². The van der Waals surface area contributed by atoms with Gasteiger partial charge in [0.25, 0.3) is 0 Å². The molecule has 0 radical (unpaired) electrons. The topological polar surface area (TPSA) is 85.8 Å². The first-order chi connectivity index (χ1) is 10.4. The molecule has 118 valence electrons. The van der Waals surface area contributed by atoms with Crippen molar-refractivity contribution in [2.45, 2.75) is 57.5 Å². The van der Waals surface area contributed by atoms with Gasteiger partial charge in [0.1, 0.15) is 11.1 Å². The first-order valence-electron chi connectivity index (χ1n) is 7.58. The molecule has 1 aliphatic rings. The second-order valence-electron chi connectivity index (χ2n) is 6.39. The highest BCUT2D eigenvalue weighted by atomic mass is 16.5. The van der Waals surface area contributed by atoms with Gasteiger partial charge in [0.2, 0.25) is 11.8 Å². The predicted molar refractivity (Wildman–Crippen MR) is 78.9 cm³/mol. The molecule has 22 heavy (non-hydrogen) atoms. The highest BCUT2D eigenvalue weighted by molar-refractivity contribution is 5.84. The monoisotopic (exact) mass is 303 g/mol. The molecule has 1 N–H and O–H groups in total. The van der Waals surface area contributed by atoms with Crippen molar-refractivity contribution in [1.82, 2.24) is 25.2 Å². The third kappa shape index (κ3) is 2.40. The minimum atomic E-state index is -0.780. The van der Waals surface area contributed by atoms with Gasteiger partial charge in [-0.25, -0.2) is 0 Å². The molecule has 1 amide bonds. The summed E-state index contributed by atoms with van der Waals surface area (Å²) in [6, 6.07) is 1.81. The van der Waals surface area contributed by atoms with Crippen molar-refractivity contribution in [3.05, 3.63) is 30.2 Å². The maximum Gasteiger partial charge on any atom is 0.248 e. The number of aromatic nitrogens is 4. The first kappa shape index (κ1) is 14.7. The molecule has 2 aromatic heterocycles. The summed E-state index contributed by atoms with van der Waals surface area (Å²) in [5.41, 5.74) is -1.31. The van der Waals surface area contributed by atoms with Crippen molar-refractivity contribution < 1.29 is 9.32 Å². The van der Waals surface area contributed by atoms with Crippen LogP contribution in [0.25, 0.3) is 0 Å². The standard InChI is InChI=1S/C15H21N5O2/c1-11-17-12(19-22-11)15(7-4-5-8-15)18-13(21)14(2,3)20-10-6-9-16-20/h6,9-10H,4-5,7-8H2,1-3H3,(H,18,21). The van der Waals surface area contributed by atoms with Gasteiger partial charge in [0, 0.05) is 19.3 Å². The SMILES string of the molecule is Cc1nc(C2(NC(=O)C(C)(C)n3cccn3)CCCC2)no1. The predicted octanol–water partition coefficient (Wildman–Crippen LogP) is 1.90. The molecule has 7 heteroatoms. The largest absolute Gasteiger partial charge is 0.341 e. The van der Waals surface area contributed by atoms with E-state index in [2.05, 4.69) is 20.6 Å². The van der Waals surface area contributed by atoms with Gasteiger partial charge >= 0.3 is 0 Å². The smallest absolute Gasteiger partial charge is 0.248 e. The number of amides is 1. The van der Waals surface area contributed by atoms with Gasteiger partial charge in [-0.1, -0.05) is 18.0 Å². The van der Waals surface area contributed by atoms with Crippen LogP contribution in [0.4, 0.5) is 0 Å². The molecule has 3 rings (SSSR count). The average molecular weight is 303 g/mol. The Bertz CT molecular complexity index is 653. The zero-order chi connectivity index (χ0) is 15.8. The van der Waals surface area contributed by atoms with E-state index in [0.29, 0.717) is 11.7 Å². The maximum absolute atomic E-state index is 12.8. The van der Waals surface area contributed by atoms with Crippen molar-refractivity contribution >= 4 is 5.91 Å². The number of nitrogens with one attached hydrogen (secondary N) is 1. The molecule has 1 fully saturated rings. The quantitative estimate of drug-likeness (QED) is 0.932. The lowest BCUT2D eigenvalue weighted by molar-refractivity contribution is -0.131. The Balaban J connectivity index is 1.87. The molecule has 7 nitrogen and oxygen atoms in total. The van der Waals surface area contributed by atoms with Crippen LogP contribution in [0.15, 0.2) is 23.0 Å². The van der Waals surface area contributed by atoms with Crippen LogP contribution >= 0.6 is 0 Å². The summed E-state index contributed by atoms with van der Waals surface area (Å²) in [4.78, 5) is 17.2. The van der Waals surface area contributed by atoms with Crippen LogP contribution < -0.4 is 5.32 Å². The van der Waals surface area contributed by atoms with Crippen molar-refractivity contribution in [3.63, 3.8) is 0 Å². The van der Waals surface area contributed by atoms with Crippen LogP contribution in [-0.2, 0) is 15.9 Å². The second kappa shape index (κ2) is 5.23. The lowest BCUT2D eigenvalue weighted by Gasteiger charge is -2.32. The molecule has 0 aliphatic heterocycles. The summed E-state index contributed by atoms with van der Waals surface area (Å²) in [6.45, 7) is 5.45. The number of hydrogen-bond acceptors (Lipinski definition) is 5. The van der Waals surface area contributed by atoms with Crippen LogP contribution in [0.2, 0.25) is 0 Å². The van der Waals surface area contributed by atoms with E-state index in [1.54, 1.807) is 24.0 Å². The van der Waals surface area contributed by atoms with Crippen molar-refractivity contribution in [2.24, 2.45) is 0 Å². The Morgan fingerprint density at radius 2 is 2.14 bits per heavy atom. The van der Waals surface area contributed by atoms with Crippen molar-refractivity contribution in [3.8, 4) is 0 Å². The summed E-state index contributed by atoms with van der Waals surface area (Å²) >= 11 is 0. The Morgan fingerprint density at radius 1 is 1.41 bits per heavy atom. The fourth-order valence-corrected chi connectivity index (χ4v) is 2.95. The van der Waals surface area contributed by atoms with Gasteiger partial charge in [0.15, 0.2) is 5.82 Å². The Morgan fingerprint density at radius 3 is 2.68 bits per heavy atom. The van der Waals surface area contributed by atoms with Crippen LogP contribution in [-0.4, -0.2) is 25.8 Å². The summed E-state index contributed by atoms with van der Waals surface area (Å²) in [6.07, 6.45) is 7.19. The summed E-state index contributed by atoms with van der Waals surface area (Å²) in [5.74, 6) is 0.995. The molecule has 1 saturated carbocycles. The number of rotatable bonds is 4. The Hall–Kier alpha value is -2.18. The number of carbonyl (C=O) groups excluding carboxylic acids is 1. The fourth-order valence-electron chi connectivity index (χ4n) is 2.95. The van der Waals surface area contributed by atoms with E-state index in [-0.39, 0.29) is 5.91 Å².